The van der Waals surface area contributed by atoms with Gasteiger partial charge >= 0.3 is 0 Å². The normalized spacial score (nSPS) is 11.0. The fourth-order valence-electron chi connectivity index (χ4n) is 2.35. The van der Waals surface area contributed by atoms with Gasteiger partial charge in [-0.1, -0.05) is 30.3 Å². The van der Waals surface area contributed by atoms with Crippen LogP contribution in [0, 0.1) is 6.92 Å². The number of fused-ring (bicyclic) bond motifs is 1. The van der Waals surface area contributed by atoms with Crippen LogP contribution in [0.25, 0.3) is 10.9 Å². The van der Waals surface area contributed by atoms with Crippen LogP contribution >= 0.6 is 11.8 Å². The van der Waals surface area contributed by atoms with E-state index in [4.69, 9.17) is 0 Å². The summed E-state index contributed by atoms with van der Waals surface area (Å²) < 4.78 is 2.35. The summed E-state index contributed by atoms with van der Waals surface area (Å²) in [6, 6.07) is 19.3. The number of aryl methyl sites for hydroxylation is 2. The number of aromatic nitrogens is 1. The van der Waals surface area contributed by atoms with E-state index in [0.29, 0.717) is 0 Å². The molecule has 2 aromatic carbocycles. The maximum Gasteiger partial charge on any atom is 0.0483 e. The first-order chi connectivity index (χ1) is 9.34. The van der Waals surface area contributed by atoms with Crippen molar-refractivity contribution < 1.29 is 0 Å². The zero-order chi connectivity index (χ0) is 13.1. The molecule has 0 saturated carbocycles. The van der Waals surface area contributed by atoms with Crippen molar-refractivity contribution in [1.82, 2.24) is 4.57 Å². The Morgan fingerprint density at radius 1 is 0.947 bits per heavy atom. The molecule has 19 heavy (non-hydrogen) atoms. The quantitative estimate of drug-likeness (QED) is 0.618. The molecule has 0 aliphatic carbocycles. The smallest absolute Gasteiger partial charge is 0.0483 e. The molecule has 0 unspecified atom stereocenters. The summed E-state index contributed by atoms with van der Waals surface area (Å²) in [5, 5.41) is 1.37. The van der Waals surface area contributed by atoms with Crippen LogP contribution < -0.4 is 0 Å². The van der Waals surface area contributed by atoms with Gasteiger partial charge in [-0.2, -0.15) is 0 Å². The third kappa shape index (κ3) is 2.69. The largest absolute Gasteiger partial charge is 0.347 e. The highest BCUT2D eigenvalue weighted by molar-refractivity contribution is 7.99. The summed E-state index contributed by atoms with van der Waals surface area (Å²) in [5.41, 5.74) is 2.70. The van der Waals surface area contributed by atoms with E-state index in [1.807, 2.05) is 11.8 Å². The monoisotopic (exact) mass is 267 g/mol. The van der Waals surface area contributed by atoms with Crippen molar-refractivity contribution >= 4 is 22.7 Å². The standard InChI is InChI=1S/C17H17NS/c1-14-6-5-9-17-16(14)10-11-18(17)12-13-19-15-7-3-2-4-8-15/h2-11H,12-13H2,1H3. The van der Waals surface area contributed by atoms with E-state index in [1.54, 1.807) is 0 Å². The number of benzene rings is 2. The van der Waals surface area contributed by atoms with E-state index in [2.05, 4.69) is 72.3 Å². The van der Waals surface area contributed by atoms with E-state index in [0.717, 1.165) is 12.3 Å². The minimum Gasteiger partial charge on any atom is -0.347 e. The van der Waals surface area contributed by atoms with Crippen molar-refractivity contribution in [3.05, 3.63) is 66.4 Å². The van der Waals surface area contributed by atoms with Crippen molar-refractivity contribution in [1.29, 1.82) is 0 Å². The molecule has 0 spiro atoms. The van der Waals surface area contributed by atoms with Crippen molar-refractivity contribution in [3.63, 3.8) is 0 Å². The summed E-state index contributed by atoms with van der Waals surface area (Å²) in [6.45, 7) is 3.22. The van der Waals surface area contributed by atoms with Gasteiger partial charge in [0.25, 0.3) is 0 Å². The third-order valence-corrected chi connectivity index (χ3v) is 4.37. The fraction of sp³-hybridized carbons (Fsp3) is 0.176. The number of hydrogen-bond donors (Lipinski definition) is 0. The van der Waals surface area contributed by atoms with Crippen LogP contribution in [0.5, 0.6) is 0 Å². The number of rotatable bonds is 4. The van der Waals surface area contributed by atoms with Gasteiger partial charge in [-0.25, -0.2) is 0 Å². The minimum atomic E-state index is 1.05. The van der Waals surface area contributed by atoms with Gasteiger partial charge in [-0.15, -0.1) is 11.8 Å². The van der Waals surface area contributed by atoms with Crippen LogP contribution in [0.4, 0.5) is 0 Å². The predicted molar refractivity (Wildman–Crippen MR) is 83.8 cm³/mol. The van der Waals surface area contributed by atoms with E-state index in [-0.39, 0.29) is 0 Å². The Kier molecular flexibility index (Phi) is 3.60. The summed E-state index contributed by atoms with van der Waals surface area (Å²) in [4.78, 5) is 1.34. The van der Waals surface area contributed by atoms with Gasteiger partial charge in [-0.3, -0.25) is 0 Å². The summed E-state index contributed by atoms with van der Waals surface area (Å²) in [7, 11) is 0. The van der Waals surface area contributed by atoms with E-state index in [9.17, 15) is 0 Å². The van der Waals surface area contributed by atoms with E-state index in [1.165, 1.54) is 21.4 Å². The molecule has 0 bridgehead atoms. The Morgan fingerprint density at radius 2 is 1.79 bits per heavy atom. The first-order valence-electron chi connectivity index (χ1n) is 6.57. The summed E-state index contributed by atoms with van der Waals surface area (Å²) in [5.74, 6) is 1.10. The topological polar surface area (TPSA) is 4.93 Å². The Hall–Kier alpha value is -1.67. The number of hydrogen-bond acceptors (Lipinski definition) is 1. The molecule has 96 valence electrons. The molecule has 3 aromatic rings. The lowest BCUT2D eigenvalue weighted by molar-refractivity contribution is 0.807. The molecule has 0 atom stereocenters. The molecule has 0 saturated heterocycles. The lowest BCUT2D eigenvalue weighted by Crippen LogP contribution is -1.98. The van der Waals surface area contributed by atoms with Gasteiger partial charge < -0.3 is 4.57 Å². The minimum absolute atomic E-state index is 1.05. The molecule has 0 aliphatic rings. The van der Waals surface area contributed by atoms with Crippen LogP contribution in [0.2, 0.25) is 0 Å². The molecule has 3 rings (SSSR count). The maximum atomic E-state index is 2.35. The summed E-state index contributed by atoms with van der Waals surface area (Å²) in [6.07, 6.45) is 2.20. The third-order valence-electron chi connectivity index (χ3n) is 3.38. The van der Waals surface area contributed by atoms with Crippen molar-refractivity contribution in [2.75, 3.05) is 5.75 Å². The molecule has 0 N–H and O–H groups in total. The van der Waals surface area contributed by atoms with Gasteiger partial charge in [0.15, 0.2) is 0 Å². The molecule has 1 heterocycles. The van der Waals surface area contributed by atoms with Crippen LogP contribution in [0.1, 0.15) is 5.56 Å². The predicted octanol–water partition coefficient (Wildman–Crippen LogP) is 4.74. The molecule has 1 nitrogen and oxygen atoms in total. The SMILES string of the molecule is Cc1cccc2c1ccn2CCSc1ccccc1. The lowest BCUT2D eigenvalue weighted by Gasteiger charge is -2.06. The first kappa shape index (κ1) is 12.4. The number of nitrogens with zero attached hydrogens (tertiary/aromatic N) is 1. The van der Waals surface area contributed by atoms with Crippen LogP contribution in [0.15, 0.2) is 65.7 Å². The molecule has 0 aliphatic heterocycles. The highest BCUT2D eigenvalue weighted by atomic mass is 32.2. The molecular weight excluding hydrogens is 250 g/mol. The highest BCUT2D eigenvalue weighted by Gasteiger charge is 2.02. The van der Waals surface area contributed by atoms with Crippen LogP contribution in [-0.4, -0.2) is 10.3 Å². The fourth-order valence-corrected chi connectivity index (χ4v) is 3.22. The van der Waals surface area contributed by atoms with Crippen molar-refractivity contribution in [3.8, 4) is 0 Å². The molecule has 0 fully saturated rings. The van der Waals surface area contributed by atoms with Crippen molar-refractivity contribution in [2.24, 2.45) is 0 Å². The molecule has 0 amide bonds. The van der Waals surface area contributed by atoms with E-state index < -0.39 is 0 Å². The summed E-state index contributed by atoms with van der Waals surface area (Å²) >= 11 is 1.91. The van der Waals surface area contributed by atoms with Crippen LogP contribution in [0.3, 0.4) is 0 Å². The van der Waals surface area contributed by atoms with E-state index >= 15 is 0 Å². The first-order valence-corrected chi connectivity index (χ1v) is 7.55. The van der Waals surface area contributed by atoms with Gasteiger partial charge in [0.2, 0.25) is 0 Å². The lowest BCUT2D eigenvalue weighted by atomic mass is 10.1. The van der Waals surface area contributed by atoms with Gasteiger partial charge in [0, 0.05) is 34.3 Å². The number of thioether (sulfide) groups is 1. The Bertz CT molecular complexity index is 670. The highest BCUT2D eigenvalue weighted by Crippen LogP contribution is 2.21. The zero-order valence-corrected chi connectivity index (χ0v) is 11.9. The van der Waals surface area contributed by atoms with Gasteiger partial charge in [0.1, 0.15) is 0 Å². The maximum absolute atomic E-state index is 2.35. The van der Waals surface area contributed by atoms with Crippen LogP contribution in [-0.2, 0) is 6.54 Å². The Balaban J connectivity index is 1.71. The van der Waals surface area contributed by atoms with Crippen molar-refractivity contribution in [2.45, 2.75) is 18.4 Å². The zero-order valence-electron chi connectivity index (χ0n) is 11.0. The molecular formula is C17H17NS. The second-order valence-electron chi connectivity index (χ2n) is 4.68. The molecule has 2 heteroatoms. The Labute approximate surface area is 118 Å². The van der Waals surface area contributed by atoms with Gasteiger partial charge in [0.05, 0.1) is 0 Å². The second kappa shape index (κ2) is 5.54. The average Bonchev–Trinajstić information content (AvgIpc) is 2.85. The Morgan fingerprint density at radius 3 is 2.63 bits per heavy atom. The second-order valence-corrected chi connectivity index (χ2v) is 5.85. The molecule has 1 aromatic heterocycles. The average molecular weight is 267 g/mol. The van der Waals surface area contributed by atoms with Gasteiger partial charge in [-0.05, 0) is 36.8 Å². The molecule has 0 radical (unpaired) electrons.